The van der Waals surface area contributed by atoms with E-state index in [2.05, 4.69) is 10.6 Å². The highest BCUT2D eigenvalue weighted by atomic mass is 16.5. The Morgan fingerprint density at radius 1 is 1.02 bits per heavy atom. The van der Waals surface area contributed by atoms with Gasteiger partial charge in [0.15, 0.2) is 0 Å². The van der Waals surface area contributed by atoms with E-state index in [1.165, 1.54) is 23.9 Å². The summed E-state index contributed by atoms with van der Waals surface area (Å²) < 4.78 is 5.98. The number of carboxylic acid groups (broad SMARTS) is 1. The van der Waals surface area contributed by atoms with Crippen molar-refractivity contribution in [3.63, 3.8) is 0 Å². The maximum atomic E-state index is 13.4. The number of benzene rings is 1. The molecular formula is C27H38N6O8. The predicted molar refractivity (Wildman–Crippen MR) is 146 cm³/mol. The first-order valence-electron chi connectivity index (χ1n) is 13.3. The molecule has 5 amide bonds. The summed E-state index contributed by atoms with van der Waals surface area (Å²) in [6, 6.07) is 4.55. The van der Waals surface area contributed by atoms with Crippen molar-refractivity contribution in [2.75, 3.05) is 61.0 Å². The molecule has 2 heterocycles. The third-order valence-electron chi connectivity index (χ3n) is 6.83. The van der Waals surface area contributed by atoms with Crippen LogP contribution in [0.1, 0.15) is 29.6 Å². The average molecular weight is 575 g/mol. The summed E-state index contributed by atoms with van der Waals surface area (Å²) in [6.45, 7) is -0.00537. The molecule has 2 bridgehead atoms. The van der Waals surface area contributed by atoms with E-state index in [1.54, 1.807) is 48.2 Å². The highest BCUT2D eigenvalue weighted by molar-refractivity contribution is 5.96. The summed E-state index contributed by atoms with van der Waals surface area (Å²) in [5.74, 6) is -3.01. The number of likely N-dealkylation sites (N-methyl/N-ethyl adjacent to an activating group) is 3. The second-order valence-corrected chi connectivity index (χ2v) is 10.7. The molecular weight excluding hydrogens is 536 g/mol. The van der Waals surface area contributed by atoms with Crippen LogP contribution in [0.2, 0.25) is 0 Å². The molecule has 0 saturated carbocycles. The van der Waals surface area contributed by atoms with E-state index in [0.717, 1.165) is 0 Å². The summed E-state index contributed by atoms with van der Waals surface area (Å²) in [6.07, 6.45) is -0.341. The van der Waals surface area contributed by atoms with Gasteiger partial charge in [-0.3, -0.25) is 28.8 Å². The minimum atomic E-state index is -1.22. The standard InChI is InChI=1S/C27H38N6O8/c1-30(2)14-23(35)28-18-11-19-16-41-20-7-5-6-17(10-20)26(39)31(3)13-21(29-22(34)8-9-25(37)38)27(40)32(4)15-24(36)33(19)12-18/h5-7,10,18-19,21H,8-9,11-16H2,1-4H3,(H,28,35)(H,29,34)(H,37,38)/t18-,19-,21-/m0/s1. The zero-order valence-corrected chi connectivity index (χ0v) is 23.8. The molecule has 1 saturated heterocycles. The van der Waals surface area contributed by atoms with E-state index >= 15 is 0 Å². The Labute approximate surface area is 238 Å². The summed E-state index contributed by atoms with van der Waals surface area (Å²) in [7, 11) is 6.45. The fraction of sp³-hybridized carbons (Fsp3) is 0.556. The average Bonchev–Trinajstić information content (AvgIpc) is 3.30. The van der Waals surface area contributed by atoms with Crippen molar-refractivity contribution in [2.45, 2.75) is 37.4 Å². The minimum absolute atomic E-state index is 0.110. The lowest BCUT2D eigenvalue weighted by molar-refractivity contribution is -0.142. The topological polar surface area (TPSA) is 169 Å². The number of nitrogens with zero attached hydrogens (tertiary/aromatic N) is 4. The number of amides is 5. The monoisotopic (exact) mass is 574 g/mol. The van der Waals surface area contributed by atoms with Crippen LogP contribution in [-0.2, 0) is 24.0 Å². The number of nitrogens with one attached hydrogen (secondary N) is 2. The summed E-state index contributed by atoms with van der Waals surface area (Å²) in [4.78, 5) is 81.5. The summed E-state index contributed by atoms with van der Waals surface area (Å²) >= 11 is 0. The lowest BCUT2D eigenvalue weighted by Gasteiger charge is -2.30. The van der Waals surface area contributed by atoms with Crippen molar-refractivity contribution >= 4 is 35.5 Å². The highest BCUT2D eigenvalue weighted by Crippen LogP contribution is 2.22. The van der Waals surface area contributed by atoms with Crippen LogP contribution in [-0.4, -0.2) is 139 Å². The Morgan fingerprint density at radius 3 is 2.44 bits per heavy atom. The van der Waals surface area contributed by atoms with Crippen molar-refractivity contribution in [1.82, 2.24) is 30.2 Å². The van der Waals surface area contributed by atoms with E-state index in [1.807, 2.05) is 0 Å². The first kappa shape index (κ1) is 31.3. The third kappa shape index (κ3) is 8.90. The lowest BCUT2D eigenvalue weighted by Crippen LogP contribution is -2.55. The molecule has 1 aromatic carbocycles. The molecule has 14 nitrogen and oxygen atoms in total. The van der Waals surface area contributed by atoms with E-state index in [9.17, 15) is 28.8 Å². The van der Waals surface area contributed by atoms with Crippen LogP contribution in [0.25, 0.3) is 0 Å². The molecule has 41 heavy (non-hydrogen) atoms. The molecule has 0 radical (unpaired) electrons. The Kier molecular flexibility index (Phi) is 10.6. The SMILES string of the molecule is CN(C)CC(=O)N[C@H]1C[C@H]2COc3cccc(c3)C(=O)N(C)C[C@H](NC(=O)CCC(=O)O)C(=O)N(C)CC(=O)N2C1. The van der Waals surface area contributed by atoms with Crippen LogP contribution in [0.3, 0.4) is 0 Å². The molecule has 3 N–H and O–H groups in total. The lowest BCUT2D eigenvalue weighted by atomic mass is 10.1. The van der Waals surface area contributed by atoms with Gasteiger partial charge in [-0.05, 0) is 38.7 Å². The van der Waals surface area contributed by atoms with Gasteiger partial charge in [-0.1, -0.05) is 6.07 Å². The molecule has 3 rings (SSSR count). The molecule has 1 aromatic rings. The fourth-order valence-corrected chi connectivity index (χ4v) is 4.84. The minimum Gasteiger partial charge on any atom is -0.491 e. The molecule has 2 aliphatic heterocycles. The number of fused-ring (bicyclic) bond motifs is 3. The van der Waals surface area contributed by atoms with Crippen LogP contribution in [0, 0.1) is 0 Å². The van der Waals surface area contributed by atoms with Crippen molar-refractivity contribution in [3.8, 4) is 5.75 Å². The highest BCUT2D eigenvalue weighted by Gasteiger charge is 2.38. The van der Waals surface area contributed by atoms with Crippen LogP contribution in [0.5, 0.6) is 5.75 Å². The van der Waals surface area contributed by atoms with Crippen molar-refractivity contribution < 1.29 is 38.6 Å². The van der Waals surface area contributed by atoms with Crippen LogP contribution in [0.4, 0.5) is 0 Å². The second kappa shape index (κ2) is 13.9. The molecule has 0 aliphatic carbocycles. The van der Waals surface area contributed by atoms with Gasteiger partial charge in [0.25, 0.3) is 5.91 Å². The predicted octanol–water partition coefficient (Wildman–Crippen LogP) is -1.39. The Hall–Kier alpha value is -4.20. The smallest absolute Gasteiger partial charge is 0.303 e. The van der Waals surface area contributed by atoms with Crippen LogP contribution >= 0.6 is 0 Å². The largest absolute Gasteiger partial charge is 0.491 e. The molecule has 2 aliphatic rings. The normalized spacial score (nSPS) is 22.0. The molecule has 0 spiro atoms. The second-order valence-electron chi connectivity index (χ2n) is 10.7. The van der Waals surface area contributed by atoms with Gasteiger partial charge in [-0.15, -0.1) is 0 Å². The van der Waals surface area contributed by atoms with Gasteiger partial charge in [0, 0.05) is 45.2 Å². The van der Waals surface area contributed by atoms with Crippen LogP contribution in [0.15, 0.2) is 24.3 Å². The van der Waals surface area contributed by atoms with Crippen molar-refractivity contribution in [3.05, 3.63) is 29.8 Å². The van der Waals surface area contributed by atoms with Gasteiger partial charge in [-0.25, -0.2) is 0 Å². The number of carbonyl (C=O) groups excluding carboxylic acids is 5. The maximum Gasteiger partial charge on any atom is 0.303 e. The van der Waals surface area contributed by atoms with Gasteiger partial charge in [0.05, 0.1) is 25.6 Å². The Balaban J connectivity index is 1.88. The van der Waals surface area contributed by atoms with Gasteiger partial charge in [-0.2, -0.15) is 0 Å². The number of carbonyl (C=O) groups is 6. The van der Waals surface area contributed by atoms with E-state index in [0.29, 0.717) is 17.7 Å². The molecule has 0 aromatic heterocycles. The maximum absolute atomic E-state index is 13.4. The molecule has 1 fully saturated rings. The number of rotatable bonds is 7. The molecule has 0 unspecified atom stereocenters. The van der Waals surface area contributed by atoms with E-state index in [-0.39, 0.29) is 57.1 Å². The van der Waals surface area contributed by atoms with Crippen molar-refractivity contribution in [1.29, 1.82) is 0 Å². The number of hydrogen-bond acceptors (Lipinski definition) is 8. The molecule has 3 atom stereocenters. The quantitative estimate of drug-likeness (QED) is 0.355. The number of hydrogen-bond donors (Lipinski definition) is 3. The zero-order valence-electron chi connectivity index (χ0n) is 23.8. The molecule has 224 valence electrons. The summed E-state index contributed by atoms with van der Waals surface area (Å²) in [5.41, 5.74) is 0.296. The van der Waals surface area contributed by atoms with E-state index < -0.39 is 42.2 Å². The fourth-order valence-electron chi connectivity index (χ4n) is 4.84. The van der Waals surface area contributed by atoms with Gasteiger partial charge < -0.3 is 40.1 Å². The van der Waals surface area contributed by atoms with Crippen LogP contribution < -0.4 is 15.4 Å². The first-order chi connectivity index (χ1) is 19.3. The first-order valence-corrected chi connectivity index (χ1v) is 13.3. The van der Waals surface area contributed by atoms with Gasteiger partial charge in [0.2, 0.25) is 23.6 Å². The Bertz CT molecular complexity index is 1170. The summed E-state index contributed by atoms with van der Waals surface area (Å²) in [5, 5.41) is 14.4. The molecule has 14 heteroatoms. The van der Waals surface area contributed by atoms with E-state index in [4.69, 9.17) is 9.84 Å². The van der Waals surface area contributed by atoms with Crippen molar-refractivity contribution in [2.24, 2.45) is 0 Å². The third-order valence-corrected chi connectivity index (χ3v) is 6.83. The number of ether oxygens (including phenoxy) is 1. The Morgan fingerprint density at radius 2 is 1.76 bits per heavy atom. The number of carboxylic acids is 1. The zero-order chi connectivity index (χ0) is 30.3. The van der Waals surface area contributed by atoms with Gasteiger partial charge >= 0.3 is 5.97 Å². The number of aliphatic carboxylic acids is 1. The van der Waals surface area contributed by atoms with Gasteiger partial charge in [0.1, 0.15) is 18.4 Å².